The van der Waals surface area contributed by atoms with Crippen LogP contribution in [0.15, 0.2) is 12.2 Å². The Morgan fingerprint density at radius 2 is 1.86 bits per heavy atom. The number of carboxylic acids is 1. The summed E-state index contributed by atoms with van der Waals surface area (Å²) in [7, 11) is 0. The molecule has 14 heavy (non-hydrogen) atoms. The van der Waals surface area contributed by atoms with E-state index >= 15 is 0 Å². The van der Waals surface area contributed by atoms with Crippen molar-refractivity contribution in [3.05, 3.63) is 12.2 Å². The van der Waals surface area contributed by atoms with Crippen LogP contribution in [0.3, 0.4) is 0 Å². The first kappa shape index (κ1) is 12.3. The van der Waals surface area contributed by atoms with Gasteiger partial charge in [0, 0.05) is 6.42 Å². The van der Waals surface area contributed by atoms with E-state index in [0.29, 0.717) is 6.42 Å². The van der Waals surface area contributed by atoms with Crippen molar-refractivity contribution in [1.82, 2.24) is 5.32 Å². The van der Waals surface area contributed by atoms with Crippen molar-refractivity contribution >= 4 is 17.7 Å². The summed E-state index contributed by atoms with van der Waals surface area (Å²) in [4.78, 5) is 31.6. The molecule has 5 nitrogen and oxygen atoms in total. The molecule has 0 aromatic carbocycles. The van der Waals surface area contributed by atoms with Gasteiger partial charge in [-0.1, -0.05) is 5.57 Å². The van der Waals surface area contributed by atoms with Crippen LogP contribution < -0.4 is 5.32 Å². The van der Waals surface area contributed by atoms with Crippen LogP contribution in [0.1, 0.15) is 19.8 Å². The second kappa shape index (κ2) is 5.90. The number of carboxylic acid groups (broad SMARTS) is 1. The molecule has 2 N–H and O–H groups in total. The number of carbonyl (C=O) groups excluding carboxylic acids is 2. The van der Waals surface area contributed by atoms with E-state index in [1.165, 1.54) is 0 Å². The second-order valence-electron chi connectivity index (χ2n) is 2.96. The van der Waals surface area contributed by atoms with E-state index in [1.807, 2.05) is 0 Å². The van der Waals surface area contributed by atoms with Gasteiger partial charge in [-0.15, -0.1) is 6.58 Å². The SMILES string of the molecule is C=C(C)CCC(=O)NCC(=O)C(=O)O. The smallest absolute Gasteiger partial charge is 0.374 e. The van der Waals surface area contributed by atoms with Crippen LogP contribution >= 0.6 is 0 Å². The van der Waals surface area contributed by atoms with Gasteiger partial charge in [-0.2, -0.15) is 0 Å². The predicted molar refractivity (Wildman–Crippen MR) is 49.7 cm³/mol. The van der Waals surface area contributed by atoms with Gasteiger partial charge in [0.05, 0.1) is 6.54 Å². The average molecular weight is 199 g/mol. The van der Waals surface area contributed by atoms with E-state index in [4.69, 9.17) is 5.11 Å². The van der Waals surface area contributed by atoms with Gasteiger partial charge in [0.2, 0.25) is 5.91 Å². The molecule has 0 aliphatic rings. The molecule has 0 spiro atoms. The number of Topliss-reactive ketones (excluding diaryl/α,β-unsaturated/α-hetero) is 1. The standard InChI is InChI=1S/C9H13NO4/c1-6(2)3-4-8(12)10-5-7(11)9(13)14/h1,3-5H2,2H3,(H,10,12)(H,13,14). The number of allylic oxidation sites excluding steroid dienone is 1. The number of carbonyl (C=O) groups is 3. The monoisotopic (exact) mass is 199 g/mol. The summed E-state index contributed by atoms with van der Waals surface area (Å²) in [6.07, 6.45) is 0.759. The van der Waals surface area contributed by atoms with Crippen molar-refractivity contribution in [2.75, 3.05) is 6.54 Å². The number of hydrogen-bond acceptors (Lipinski definition) is 3. The van der Waals surface area contributed by atoms with Gasteiger partial charge in [0.1, 0.15) is 0 Å². The number of amides is 1. The van der Waals surface area contributed by atoms with Crippen molar-refractivity contribution in [2.45, 2.75) is 19.8 Å². The molecule has 0 saturated heterocycles. The van der Waals surface area contributed by atoms with Gasteiger partial charge in [0.15, 0.2) is 0 Å². The van der Waals surface area contributed by atoms with Crippen molar-refractivity contribution in [3.63, 3.8) is 0 Å². The first-order valence-electron chi connectivity index (χ1n) is 4.10. The lowest BCUT2D eigenvalue weighted by Crippen LogP contribution is -2.32. The van der Waals surface area contributed by atoms with E-state index in [9.17, 15) is 14.4 Å². The maximum atomic E-state index is 11.0. The van der Waals surface area contributed by atoms with E-state index in [-0.39, 0.29) is 12.3 Å². The number of aliphatic carboxylic acids is 1. The normalized spacial score (nSPS) is 9.21. The quantitative estimate of drug-likeness (QED) is 0.470. The number of hydrogen-bond donors (Lipinski definition) is 2. The van der Waals surface area contributed by atoms with Crippen LogP contribution in [-0.2, 0) is 14.4 Å². The van der Waals surface area contributed by atoms with Gasteiger partial charge in [0.25, 0.3) is 5.78 Å². The second-order valence-corrected chi connectivity index (χ2v) is 2.96. The molecular weight excluding hydrogens is 186 g/mol. The van der Waals surface area contributed by atoms with Crippen LogP contribution in [0, 0.1) is 0 Å². The molecule has 0 bridgehead atoms. The molecule has 78 valence electrons. The van der Waals surface area contributed by atoms with Crippen LogP contribution in [-0.4, -0.2) is 29.3 Å². The Labute approximate surface area is 81.8 Å². The topological polar surface area (TPSA) is 83.5 Å². The highest BCUT2D eigenvalue weighted by molar-refractivity contribution is 6.33. The third kappa shape index (κ3) is 5.93. The Bertz CT molecular complexity index is 270. The molecule has 0 rings (SSSR count). The fourth-order valence-corrected chi connectivity index (χ4v) is 0.670. The zero-order chi connectivity index (χ0) is 11.1. The third-order valence-electron chi connectivity index (χ3n) is 1.46. The summed E-state index contributed by atoms with van der Waals surface area (Å²) >= 11 is 0. The molecule has 0 aromatic rings. The Kier molecular flexibility index (Phi) is 5.21. The van der Waals surface area contributed by atoms with Crippen molar-refractivity contribution in [1.29, 1.82) is 0 Å². The molecule has 0 heterocycles. The van der Waals surface area contributed by atoms with Crippen molar-refractivity contribution in [3.8, 4) is 0 Å². The molecule has 0 aliphatic carbocycles. The molecule has 0 saturated carbocycles. The largest absolute Gasteiger partial charge is 0.475 e. The Balaban J connectivity index is 3.69. The summed E-state index contributed by atoms with van der Waals surface area (Å²) < 4.78 is 0. The van der Waals surface area contributed by atoms with Gasteiger partial charge in [-0.3, -0.25) is 9.59 Å². The molecule has 0 radical (unpaired) electrons. The first-order chi connectivity index (χ1) is 6.43. The molecular formula is C9H13NO4. The maximum Gasteiger partial charge on any atom is 0.374 e. The third-order valence-corrected chi connectivity index (χ3v) is 1.46. The Morgan fingerprint density at radius 3 is 2.29 bits per heavy atom. The fraction of sp³-hybridized carbons (Fsp3) is 0.444. The lowest BCUT2D eigenvalue weighted by atomic mass is 10.2. The van der Waals surface area contributed by atoms with Gasteiger partial charge < -0.3 is 10.4 Å². The highest BCUT2D eigenvalue weighted by atomic mass is 16.4. The lowest BCUT2D eigenvalue weighted by molar-refractivity contribution is -0.148. The summed E-state index contributed by atoms with van der Waals surface area (Å²) in [5.74, 6) is -2.90. The summed E-state index contributed by atoms with van der Waals surface area (Å²) in [6.45, 7) is 4.94. The number of rotatable bonds is 6. The van der Waals surface area contributed by atoms with E-state index in [0.717, 1.165) is 5.57 Å². The van der Waals surface area contributed by atoms with Gasteiger partial charge in [-0.05, 0) is 13.3 Å². The molecule has 0 unspecified atom stereocenters. The van der Waals surface area contributed by atoms with Gasteiger partial charge >= 0.3 is 5.97 Å². The molecule has 0 fully saturated rings. The van der Waals surface area contributed by atoms with E-state index in [1.54, 1.807) is 6.92 Å². The molecule has 0 aromatic heterocycles. The van der Waals surface area contributed by atoms with E-state index < -0.39 is 18.3 Å². The summed E-state index contributed by atoms with van der Waals surface area (Å²) in [5, 5.41) is 10.4. The van der Waals surface area contributed by atoms with Crippen molar-refractivity contribution in [2.24, 2.45) is 0 Å². The molecule has 1 amide bonds. The molecule has 0 atom stereocenters. The van der Waals surface area contributed by atoms with Crippen LogP contribution in [0.5, 0.6) is 0 Å². The molecule has 0 aliphatic heterocycles. The predicted octanol–water partition coefficient (Wildman–Crippen LogP) is 0.113. The average Bonchev–Trinajstić information content (AvgIpc) is 2.10. The zero-order valence-corrected chi connectivity index (χ0v) is 8.00. The fourth-order valence-electron chi connectivity index (χ4n) is 0.670. The lowest BCUT2D eigenvalue weighted by Gasteiger charge is -2.01. The summed E-state index contributed by atoms with van der Waals surface area (Å²) in [5.41, 5.74) is 0.865. The van der Waals surface area contributed by atoms with Gasteiger partial charge in [-0.25, -0.2) is 4.79 Å². The Hall–Kier alpha value is -1.65. The maximum absolute atomic E-state index is 11.0. The highest BCUT2D eigenvalue weighted by Gasteiger charge is 2.12. The number of nitrogens with one attached hydrogen (secondary N) is 1. The minimum absolute atomic E-state index is 0.224. The minimum atomic E-state index is -1.54. The summed E-state index contributed by atoms with van der Waals surface area (Å²) in [6, 6.07) is 0. The van der Waals surface area contributed by atoms with Crippen molar-refractivity contribution < 1.29 is 19.5 Å². The Morgan fingerprint density at radius 1 is 1.29 bits per heavy atom. The zero-order valence-electron chi connectivity index (χ0n) is 8.00. The molecule has 5 heteroatoms. The first-order valence-corrected chi connectivity index (χ1v) is 4.10. The van der Waals surface area contributed by atoms with Crippen LogP contribution in [0.25, 0.3) is 0 Å². The van der Waals surface area contributed by atoms with E-state index in [2.05, 4.69) is 11.9 Å². The number of ketones is 1. The van der Waals surface area contributed by atoms with Crippen LogP contribution in [0.4, 0.5) is 0 Å². The highest BCUT2D eigenvalue weighted by Crippen LogP contribution is 1.99. The minimum Gasteiger partial charge on any atom is -0.475 e. The van der Waals surface area contributed by atoms with Crippen LogP contribution in [0.2, 0.25) is 0 Å².